The molecule has 0 radical (unpaired) electrons. The number of hydrogen-bond donors (Lipinski definition) is 1. The van der Waals surface area contributed by atoms with E-state index < -0.39 is 11.7 Å². The van der Waals surface area contributed by atoms with Crippen molar-refractivity contribution in [3.05, 3.63) is 70.6 Å². The maximum absolute atomic E-state index is 12.6. The first-order valence-corrected chi connectivity index (χ1v) is 8.35. The molecule has 1 aromatic carbocycles. The molecule has 0 saturated carbocycles. The molecule has 28 heavy (non-hydrogen) atoms. The minimum atomic E-state index is -4.52. The molecule has 3 rings (SSSR count). The van der Waals surface area contributed by atoms with E-state index in [-0.39, 0.29) is 16.6 Å². The van der Waals surface area contributed by atoms with Crippen LogP contribution in [-0.2, 0) is 6.18 Å². The fourth-order valence-electron chi connectivity index (χ4n) is 2.28. The summed E-state index contributed by atoms with van der Waals surface area (Å²) in [5, 5.41) is 3.66. The first-order valence-electron chi connectivity index (χ1n) is 7.97. The third kappa shape index (κ3) is 4.58. The van der Waals surface area contributed by atoms with Crippen molar-refractivity contribution in [2.45, 2.75) is 13.1 Å². The second-order valence-corrected chi connectivity index (χ2v) is 6.16. The number of nitrogens with zero attached hydrogens (tertiary/aromatic N) is 2. The number of Topliss-reactive ketones (excluding diaryl/α,β-unsaturated/α-hetero) is 1. The SMILES string of the molecule is CC(=O)c1ccc(-c2ccc(C=NNc3ncc(C(F)(F)F)cc3Cl)o2)cc1. The average molecular weight is 408 g/mol. The van der Waals surface area contributed by atoms with Crippen molar-refractivity contribution >= 4 is 29.4 Å². The molecule has 0 fully saturated rings. The Bertz CT molecular complexity index is 1030. The quantitative estimate of drug-likeness (QED) is 0.336. The fourth-order valence-corrected chi connectivity index (χ4v) is 2.49. The Kier molecular flexibility index (Phi) is 5.51. The van der Waals surface area contributed by atoms with Gasteiger partial charge in [0, 0.05) is 17.3 Å². The first-order chi connectivity index (χ1) is 13.2. The highest BCUT2D eigenvalue weighted by Gasteiger charge is 2.31. The van der Waals surface area contributed by atoms with Gasteiger partial charge in [0.1, 0.15) is 11.5 Å². The van der Waals surface area contributed by atoms with E-state index in [2.05, 4.69) is 15.5 Å². The van der Waals surface area contributed by atoms with Crippen LogP contribution >= 0.6 is 11.6 Å². The monoisotopic (exact) mass is 407 g/mol. The molecule has 0 aliphatic heterocycles. The largest absolute Gasteiger partial charge is 0.455 e. The Morgan fingerprint density at radius 3 is 2.54 bits per heavy atom. The van der Waals surface area contributed by atoms with Crippen molar-refractivity contribution in [3.63, 3.8) is 0 Å². The van der Waals surface area contributed by atoms with Crippen LogP contribution in [0.15, 0.2) is 58.2 Å². The van der Waals surface area contributed by atoms with Gasteiger partial charge >= 0.3 is 6.18 Å². The Balaban J connectivity index is 1.68. The van der Waals surface area contributed by atoms with E-state index in [0.29, 0.717) is 23.3 Å². The number of benzene rings is 1. The van der Waals surface area contributed by atoms with Gasteiger partial charge in [-0.05, 0) is 25.1 Å². The number of carbonyl (C=O) groups excluding carboxylic acids is 1. The van der Waals surface area contributed by atoms with Crippen LogP contribution in [0, 0.1) is 0 Å². The van der Waals surface area contributed by atoms with Gasteiger partial charge in [-0.2, -0.15) is 18.3 Å². The van der Waals surface area contributed by atoms with Crippen molar-refractivity contribution in [1.82, 2.24) is 4.98 Å². The summed E-state index contributed by atoms with van der Waals surface area (Å²) in [6.07, 6.45) is -2.52. The summed E-state index contributed by atoms with van der Waals surface area (Å²) in [7, 11) is 0. The van der Waals surface area contributed by atoms with Gasteiger partial charge in [-0.25, -0.2) is 4.98 Å². The molecular formula is C19H13ClF3N3O2. The molecule has 2 aromatic heterocycles. The summed E-state index contributed by atoms with van der Waals surface area (Å²) in [5.74, 6) is 0.932. The Hall–Kier alpha value is -3.13. The number of hydrogen-bond acceptors (Lipinski definition) is 5. The number of rotatable bonds is 5. The molecule has 0 spiro atoms. The average Bonchev–Trinajstić information content (AvgIpc) is 3.11. The van der Waals surface area contributed by atoms with Crippen LogP contribution < -0.4 is 5.43 Å². The third-order valence-electron chi connectivity index (χ3n) is 3.73. The summed E-state index contributed by atoms with van der Waals surface area (Å²) >= 11 is 5.79. The van der Waals surface area contributed by atoms with Gasteiger partial charge in [-0.1, -0.05) is 35.9 Å². The van der Waals surface area contributed by atoms with E-state index in [1.807, 2.05) is 0 Å². The smallest absolute Gasteiger partial charge is 0.417 e. The number of hydrazone groups is 1. The van der Waals surface area contributed by atoms with Crippen LogP contribution in [0.3, 0.4) is 0 Å². The molecule has 5 nitrogen and oxygen atoms in total. The van der Waals surface area contributed by atoms with E-state index in [1.54, 1.807) is 36.4 Å². The molecule has 0 bridgehead atoms. The highest BCUT2D eigenvalue weighted by molar-refractivity contribution is 6.32. The first kappa shape index (κ1) is 19.6. The van der Waals surface area contributed by atoms with Gasteiger partial charge in [-0.3, -0.25) is 10.2 Å². The van der Waals surface area contributed by atoms with Gasteiger partial charge in [0.25, 0.3) is 0 Å². The molecule has 0 aliphatic rings. The van der Waals surface area contributed by atoms with E-state index >= 15 is 0 Å². The van der Waals surface area contributed by atoms with E-state index in [1.165, 1.54) is 13.1 Å². The summed E-state index contributed by atoms with van der Waals surface area (Å²) in [6.45, 7) is 1.49. The number of carbonyl (C=O) groups is 1. The van der Waals surface area contributed by atoms with Crippen LogP contribution in [-0.4, -0.2) is 17.0 Å². The van der Waals surface area contributed by atoms with Gasteiger partial charge < -0.3 is 4.42 Å². The molecule has 144 valence electrons. The minimum Gasteiger partial charge on any atom is -0.455 e. The lowest BCUT2D eigenvalue weighted by atomic mass is 10.1. The van der Waals surface area contributed by atoms with Crippen molar-refractivity contribution < 1.29 is 22.4 Å². The highest BCUT2D eigenvalue weighted by Crippen LogP contribution is 2.32. The zero-order valence-electron chi connectivity index (χ0n) is 14.4. The third-order valence-corrected chi connectivity index (χ3v) is 4.02. The lowest BCUT2D eigenvalue weighted by molar-refractivity contribution is -0.137. The minimum absolute atomic E-state index is 0.0162. The normalized spacial score (nSPS) is 11.8. The van der Waals surface area contributed by atoms with Crippen LogP contribution in [0.25, 0.3) is 11.3 Å². The zero-order valence-corrected chi connectivity index (χ0v) is 15.2. The van der Waals surface area contributed by atoms with Crippen LogP contribution in [0.5, 0.6) is 0 Å². The number of ketones is 1. The van der Waals surface area contributed by atoms with Crippen LogP contribution in [0.1, 0.15) is 28.6 Å². The fraction of sp³-hybridized carbons (Fsp3) is 0.105. The molecular weight excluding hydrogens is 395 g/mol. The second-order valence-electron chi connectivity index (χ2n) is 5.76. The van der Waals surface area contributed by atoms with Crippen molar-refractivity contribution in [2.75, 3.05) is 5.43 Å². The molecule has 0 atom stereocenters. The number of alkyl halides is 3. The Morgan fingerprint density at radius 1 is 1.21 bits per heavy atom. The van der Waals surface area contributed by atoms with Crippen molar-refractivity contribution in [2.24, 2.45) is 5.10 Å². The number of pyridine rings is 1. The van der Waals surface area contributed by atoms with E-state index in [9.17, 15) is 18.0 Å². The topological polar surface area (TPSA) is 67.5 Å². The molecule has 0 aliphatic carbocycles. The Morgan fingerprint density at radius 2 is 1.93 bits per heavy atom. The lowest BCUT2D eigenvalue weighted by Gasteiger charge is -2.08. The summed E-state index contributed by atoms with van der Waals surface area (Å²) < 4.78 is 43.4. The summed E-state index contributed by atoms with van der Waals surface area (Å²) in [6, 6.07) is 11.1. The highest BCUT2D eigenvalue weighted by atomic mass is 35.5. The van der Waals surface area contributed by atoms with E-state index in [4.69, 9.17) is 16.0 Å². The standard InChI is InChI=1S/C19H13ClF3N3O2/c1-11(27)12-2-4-13(5-3-12)17-7-6-15(28-17)10-25-26-18-16(20)8-14(9-24-18)19(21,22)23/h2-10H,1H3,(H,24,26). The molecule has 0 amide bonds. The molecule has 9 heteroatoms. The van der Waals surface area contributed by atoms with Gasteiger partial charge in [-0.15, -0.1) is 0 Å². The maximum Gasteiger partial charge on any atom is 0.417 e. The number of furan rings is 1. The molecule has 2 heterocycles. The van der Waals surface area contributed by atoms with Crippen molar-refractivity contribution in [1.29, 1.82) is 0 Å². The van der Waals surface area contributed by atoms with Gasteiger partial charge in [0.15, 0.2) is 11.6 Å². The maximum atomic E-state index is 12.6. The molecule has 1 N–H and O–H groups in total. The second kappa shape index (κ2) is 7.85. The summed E-state index contributed by atoms with van der Waals surface area (Å²) in [4.78, 5) is 14.9. The molecule has 3 aromatic rings. The molecule has 0 saturated heterocycles. The van der Waals surface area contributed by atoms with Crippen LogP contribution in [0.2, 0.25) is 5.02 Å². The van der Waals surface area contributed by atoms with Gasteiger partial charge in [0.2, 0.25) is 0 Å². The number of halogens is 4. The van der Waals surface area contributed by atoms with E-state index in [0.717, 1.165) is 11.6 Å². The summed E-state index contributed by atoms with van der Waals surface area (Å²) in [5.41, 5.74) is 2.91. The Labute approximate surface area is 162 Å². The predicted octanol–water partition coefficient (Wildman–Crippen LogP) is 5.66. The van der Waals surface area contributed by atoms with Crippen molar-refractivity contribution in [3.8, 4) is 11.3 Å². The number of aromatic nitrogens is 1. The lowest BCUT2D eigenvalue weighted by Crippen LogP contribution is -2.06. The number of anilines is 1. The number of nitrogens with one attached hydrogen (secondary N) is 1. The van der Waals surface area contributed by atoms with Gasteiger partial charge in [0.05, 0.1) is 16.8 Å². The molecule has 0 unspecified atom stereocenters. The van der Waals surface area contributed by atoms with Crippen LogP contribution in [0.4, 0.5) is 19.0 Å². The predicted molar refractivity (Wildman–Crippen MR) is 99.6 cm³/mol. The zero-order chi connectivity index (χ0) is 20.3.